The topological polar surface area (TPSA) is 80.5 Å². The van der Waals surface area contributed by atoms with Crippen LogP contribution in [0.3, 0.4) is 0 Å². The molecule has 2 N–H and O–H groups in total. The number of sulfone groups is 1. The summed E-state index contributed by atoms with van der Waals surface area (Å²) < 4.78 is 23.0. The number of amides is 1. The minimum Gasteiger partial charge on any atom is -0.341 e. The van der Waals surface area contributed by atoms with Crippen molar-refractivity contribution in [2.24, 2.45) is 5.73 Å². The number of rotatable bonds is 3. The highest BCUT2D eigenvalue weighted by molar-refractivity contribution is 7.91. The number of benzene rings is 1. The molecule has 0 saturated carbocycles. The van der Waals surface area contributed by atoms with Crippen LogP contribution in [0.4, 0.5) is 0 Å². The summed E-state index contributed by atoms with van der Waals surface area (Å²) in [5, 5.41) is 0. The Kier molecular flexibility index (Phi) is 4.77. The number of hydrogen-bond acceptors (Lipinski definition) is 4. The van der Waals surface area contributed by atoms with Crippen LogP contribution in [0.1, 0.15) is 17.5 Å². The van der Waals surface area contributed by atoms with Crippen LogP contribution in [-0.4, -0.2) is 43.8 Å². The molecule has 1 aromatic rings. The van der Waals surface area contributed by atoms with Crippen molar-refractivity contribution in [2.45, 2.75) is 19.4 Å². The maximum Gasteiger partial charge on any atom is 0.227 e. The molecule has 1 heterocycles. The molecule has 1 saturated heterocycles. The van der Waals surface area contributed by atoms with E-state index < -0.39 is 9.84 Å². The van der Waals surface area contributed by atoms with Crippen molar-refractivity contribution in [1.82, 2.24) is 4.90 Å². The Labute approximate surface area is 119 Å². The molecule has 20 heavy (non-hydrogen) atoms. The lowest BCUT2D eigenvalue weighted by molar-refractivity contribution is -0.130. The number of hydrogen-bond donors (Lipinski definition) is 1. The fourth-order valence-electron chi connectivity index (χ4n) is 2.27. The second kappa shape index (κ2) is 6.37. The fourth-order valence-corrected chi connectivity index (χ4v) is 3.54. The molecule has 0 spiro atoms. The van der Waals surface area contributed by atoms with E-state index in [1.165, 1.54) is 0 Å². The van der Waals surface area contributed by atoms with Gasteiger partial charge in [-0.2, -0.15) is 0 Å². The lowest BCUT2D eigenvalue weighted by atomic mass is 10.1. The highest BCUT2D eigenvalue weighted by Crippen LogP contribution is 2.10. The van der Waals surface area contributed by atoms with Gasteiger partial charge in [-0.1, -0.05) is 24.3 Å². The van der Waals surface area contributed by atoms with Crippen molar-refractivity contribution in [1.29, 1.82) is 0 Å². The van der Waals surface area contributed by atoms with Gasteiger partial charge in [-0.15, -0.1) is 0 Å². The molecule has 0 aromatic heterocycles. The molecule has 6 heteroatoms. The molecule has 0 atom stereocenters. The smallest absolute Gasteiger partial charge is 0.227 e. The number of nitrogens with two attached hydrogens (primary N) is 1. The minimum absolute atomic E-state index is 0.0115. The first-order valence-corrected chi connectivity index (χ1v) is 8.58. The van der Waals surface area contributed by atoms with Crippen molar-refractivity contribution in [3.05, 3.63) is 35.4 Å². The molecule has 0 bridgehead atoms. The molecule has 0 unspecified atom stereocenters. The molecule has 2 rings (SSSR count). The zero-order valence-corrected chi connectivity index (χ0v) is 12.2. The van der Waals surface area contributed by atoms with Crippen LogP contribution in [0, 0.1) is 0 Å². The van der Waals surface area contributed by atoms with Gasteiger partial charge in [0.25, 0.3) is 0 Å². The quantitative estimate of drug-likeness (QED) is 0.872. The predicted octanol–water partition coefficient (Wildman–Crippen LogP) is 0.335. The Hall–Kier alpha value is -1.40. The van der Waals surface area contributed by atoms with E-state index in [4.69, 9.17) is 5.73 Å². The summed E-state index contributed by atoms with van der Waals surface area (Å²) in [6, 6.07) is 7.62. The average Bonchev–Trinajstić information content (AvgIpc) is 2.60. The first-order chi connectivity index (χ1) is 9.50. The molecule has 1 amide bonds. The number of nitrogens with zero attached hydrogens (tertiary/aromatic N) is 1. The normalized spacial score (nSPS) is 18.6. The van der Waals surface area contributed by atoms with Gasteiger partial charge < -0.3 is 10.6 Å². The molecular formula is C14H20N2O3S. The third-order valence-electron chi connectivity index (χ3n) is 3.52. The van der Waals surface area contributed by atoms with Gasteiger partial charge in [-0.3, -0.25) is 4.79 Å². The first kappa shape index (κ1) is 15.0. The standard InChI is InChI=1S/C14H20N2O3S/c15-11-13-4-2-12(3-5-13)10-14(17)16-6-1-8-20(18,19)9-7-16/h2-5H,1,6-11,15H2. The number of carbonyl (C=O) groups excluding carboxylic acids is 1. The molecule has 110 valence electrons. The van der Waals surface area contributed by atoms with Crippen LogP contribution in [-0.2, 0) is 27.6 Å². The van der Waals surface area contributed by atoms with E-state index in [1.54, 1.807) is 4.90 Å². The molecular weight excluding hydrogens is 276 g/mol. The largest absolute Gasteiger partial charge is 0.341 e. The van der Waals surface area contributed by atoms with E-state index in [-0.39, 0.29) is 17.4 Å². The lowest BCUT2D eigenvalue weighted by Crippen LogP contribution is -2.34. The van der Waals surface area contributed by atoms with E-state index in [2.05, 4.69) is 0 Å². The van der Waals surface area contributed by atoms with Gasteiger partial charge in [0.05, 0.1) is 17.9 Å². The van der Waals surface area contributed by atoms with Gasteiger partial charge in [0, 0.05) is 19.6 Å². The van der Waals surface area contributed by atoms with E-state index in [9.17, 15) is 13.2 Å². The van der Waals surface area contributed by atoms with Crippen molar-refractivity contribution in [2.75, 3.05) is 24.6 Å². The van der Waals surface area contributed by atoms with Crippen molar-refractivity contribution in [3.63, 3.8) is 0 Å². The Morgan fingerprint density at radius 1 is 1.10 bits per heavy atom. The fraction of sp³-hybridized carbons (Fsp3) is 0.500. The SMILES string of the molecule is NCc1ccc(CC(=O)N2CCCS(=O)(=O)CC2)cc1. The minimum atomic E-state index is -2.98. The van der Waals surface area contributed by atoms with E-state index in [1.807, 2.05) is 24.3 Å². The Morgan fingerprint density at radius 2 is 1.75 bits per heavy atom. The molecule has 1 aliphatic rings. The molecule has 0 radical (unpaired) electrons. The highest BCUT2D eigenvalue weighted by Gasteiger charge is 2.22. The van der Waals surface area contributed by atoms with Crippen LogP contribution in [0.2, 0.25) is 0 Å². The van der Waals surface area contributed by atoms with Crippen molar-refractivity contribution in [3.8, 4) is 0 Å². The average molecular weight is 296 g/mol. The van der Waals surface area contributed by atoms with Gasteiger partial charge in [0.15, 0.2) is 9.84 Å². The summed E-state index contributed by atoms with van der Waals surface area (Å²) in [5.41, 5.74) is 7.49. The summed E-state index contributed by atoms with van der Waals surface area (Å²) >= 11 is 0. The lowest BCUT2D eigenvalue weighted by Gasteiger charge is -2.19. The third kappa shape index (κ3) is 4.05. The second-order valence-electron chi connectivity index (χ2n) is 5.08. The highest BCUT2D eigenvalue weighted by atomic mass is 32.2. The van der Waals surface area contributed by atoms with Crippen molar-refractivity contribution >= 4 is 15.7 Å². The monoisotopic (exact) mass is 296 g/mol. The molecule has 5 nitrogen and oxygen atoms in total. The van der Waals surface area contributed by atoms with Crippen LogP contribution in [0.5, 0.6) is 0 Å². The summed E-state index contributed by atoms with van der Waals surface area (Å²) in [4.78, 5) is 13.8. The number of carbonyl (C=O) groups is 1. The van der Waals surface area contributed by atoms with Crippen LogP contribution in [0.15, 0.2) is 24.3 Å². The second-order valence-corrected chi connectivity index (χ2v) is 7.39. The summed E-state index contributed by atoms with van der Waals surface area (Å²) in [5.74, 6) is 0.245. The zero-order chi connectivity index (χ0) is 14.6. The maximum atomic E-state index is 12.2. The zero-order valence-electron chi connectivity index (χ0n) is 11.4. The van der Waals surface area contributed by atoms with Gasteiger partial charge in [-0.25, -0.2) is 8.42 Å². The third-order valence-corrected chi connectivity index (χ3v) is 5.24. The van der Waals surface area contributed by atoms with Gasteiger partial charge in [-0.05, 0) is 17.5 Å². The van der Waals surface area contributed by atoms with Crippen LogP contribution in [0.25, 0.3) is 0 Å². The molecule has 0 aliphatic carbocycles. The van der Waals surface area contributed by atoms with Gasteiger partial charge >= 0.3 is 0 Å². The Bertz CT molecular complexity index is 567. The molecule has 1 fully saturated rings. The van der Waals surface area contributed by atoms with Crippen LogP contribution < -0.4 is 5.73 Å². The van der Waals surface area contributed by atoms with Crippen molar-refractivity contribution < 1.29 is 13.2 Å². The van der Waals surface area contributed by atoms with Gasteiger partial charge in [0.2, 0.25) is 5.91 Å². The first-order valence-electron chi connectivity index (χ1n) is 6.76. The van der Waals surface area contributed by atoms with E-state index >= 15 is 0 Å². The summed E-state index contributed by atoms with van der Waals surface area (Å²) in [6.07, 6.45) is 0.838. The molecule has 1 aromatic carbocycles. The Morgan fingerprint density at radius 3 is 2.40 bits per heavy atom. The molecule has 1 aliphatic heterocycles. The van der Waals surface area contributed by atoms with Gasteiger partial charge in [0.1, 0.15) is 0 Å². The summed E-state index contributed by atoms with van der Waals surface area (Å²) in [6.45, 7) is 1.32. The van der Waals surface area contributed by atoms with E-state index in [0.29, 0.717) is 32.5 Å². The predicted molar refractivity (Wildman–Crippen MR) is 77.9 cm³/mol. The maximum absolute atomic E-state index is 12.2. The van der Waals surface area contributed by atoms with Crippen LogP contribution >= 0.6 is 0 Å². The van der Waals surface area contributed by atoms with E-state index in [0.717, 1.165) is 11.1 Å². The Balaban J connectivity index is 1.97. The summed E-state index contributed by atoms with van der Waals surface area (Å²) in [7, 11) is -2.98.